The summed E-state index contributed by atoms with van der Waals surface area (Å²) in [4.78, 5) is 27.8. The highest BCUT2D eigenvalue weighted by molar-refractivity contribution is 5.91. The molecule has 7 nitrogen and oxygen atoms in total. The van der Waals surface area contributed by atoms with Crippen LogP contribution in [0.3, 0.4) is 0 Å². The van der Waals surface area contributed by atoms with Crippen molar-refractivity contribution < 1.29 is 14.0 Å². The van der Waals surface area contributed by atoms with E-state index in [9.17, 15) is 14.0 Å². The van der Waals surface area contributed by atoms with Crippen molar-refractivity contribution in [1.29, 1.82) is 0 Å². The normalized spacial score (nSPS) is 20.8. The lowest BCUT2D eigenvalue weighted by Gasteiger charge is -2.33. The quantitative estimate of drug-likeness (QED) is 0.746. The summed E-state index contributed by atoms with van der Waals surface area (Å²) in [7, 11) is 1.70. The fraction of sp³-hybridized carbons (Fsp3) is 0.542. The van der Waals surface area contributed by atoms with Crippen molar-refractivity contribution in [2.75, 3.05) is 6.54 Å². The fourth-order valence-corrected chi connectivity index (χ4v) is 4.46. The zero-order valence-corrected chi connectivity index (χ0v) is 19.2. The number of aryl methyl sites for hydroxylation is 1. The second-order valence-electron chi connectivity index (χ2n) is 10.1. The van der Waals surface area contributed by atoms with Crippen LogP contribution in [0.25, 0.3) is 11.3 Å². The Morgan fingerprint density at radius 3 is 2.44 bits per heavy atom. The average Bonchev–Trinajstić information content (AvgIpc) is 3.20. The summed E-state index contributed by atoms with van der Waals surface area (Å²) < 4.78 is 15.5. The van der Waals surface area contributed by atoms with Crippen molar-refractivity contribution >= 4 is 11.8 Å². The summed E-state index contributed by atoms with van der Waals surface area (Å²) in [5.41, 5.74) is 7.54. The second kappa shape index (κ2) is 7.99. The molecule has 1 aromatic carbocycles. The third-order valence-electron chi connectivity index (χ3n) is 6.76. The maximum absolute atomic E-state index is 14.0. The lowest BCUT2D eigenvalue weighted by atomic mass is 9.86. The van der Waals surface area contributed by atoms with Crippen LogP contribution in [-0.4, -0.2) is 45.1 Å². The van der Waals surface area contributed by atoms with Gasteiger partial charge in [0.1, 0.15) is 11.7 Å². The van der Waals surface area contributed by atoms with E-state index in [2.05, 4.69) is 10.4 Å². The van der Waals surface area contributed by atoms with Gasteiger partial charge in [-0.3, -0.25) is 14.3 Å². The van der Waals surface area contributed by atoms with Gasteiger partial charge in [0.2, 0.25) is 11.8 Å². The van der Waals surface area contributed by atoms with Crippen LogP contribution in [0.2, 0.25) is 0 Å². The fourth-order valence-electron chi connectivity index (χ4n) is 4.46. The summed E-state index contributed by atoms with van der Waals surface area (Å²) >= 11 is 0. The summed E-state index contributed by atoms with van der Waals surface area (Å²) in [5.74, 6) is -0.659. The van der Waals surface area contributed by atoms with Crippen LogP contribution >= 0.6 is 0 Å². The van der Waals surface area contributed by atoms with Crippen molar-refractivity contribution in [2.24, 2.45) is 18.2 Å². The van der Waals surface area contributed by atoms with E-state index in [1.807, 2.05) is 45.0 Å². The van der Waals surface area contributed by atoms with E-state index in [1.165, 1.54) is 10.9 Å². The molecule has 2 aromatic rings. The van der Waals surface area contributed by atoms with E-state index in [1.54, 1.807) is 11.9 Å². The second-order valence-corrected chi connectivity index (χ2v) is 10.1. The largest absolute Gasteiger partial charge is 0.345 e. The third kappa shape index (κ3) is 4.03. The molecule has 1 saturated carbocycles. The Kier molecular flexibility index (Phi) is 5.61. The molecule has 0 spiro atoms. The molecule has 3 N–H and O–H groups in total. The van der Waals surface area contributed by atoms with Gasteiger partial charge >= 0.3 is 0 Å². The predicted octanol–water partition coefficient (Wildman–Crippen LogP) is 2.70. The number of carbonyl (C=O) groups excluding carboxylic acids is 2. The summed E-state index contributed by atoms with van der Waals surface area (Å²) in [5, 5.41) is 7.15. The zero-order valence-electron chi connectivity index (χ0n) is 19.2. The van der Waals surface area contributed by atoms with E-state index in [0.29, 0.717) is 18.7 Å². The standard InChI is InChI=1S/C24H32FN5O2/c1-23(2,3)20(26)22(32)30-13-5-6-18(30)21(31)28-24(11-12-24)16-9-7-15(8-10-16)19-17(25)14-27-29(19)4/h7-10,14,18,20H,5-6,11-13,26H2,1-4H3,(H,28,31). The number of nitrogens with zero attached hydrogens (tertiary/aromatic N) is 3. The number of amides is 2. The summed E-state index contributed by atoms with van der Waals surface area (Å²) in [6, 6.07) is 6.44. The Morgan fingerprint density at radius 2 is 1.91 bits per heavy atom. The number of benzene rings is 1. The molecule has 2 heterocycles. The van der Waals surface area contributed by atoms with Crippen LogP contribution in [0.4, 0.5) is 4.39 Å². The Labute approximate surface area is 188 Å². The van der Waals surface area contributed by atoms with Crippen LogP contribution < -0.4 is 11.1 Å². The van der Waals surface area contributed by atoms with E-state index >= 15 is 0 Å². The number of hydrogen-bond donors (Lipinski definition) is 2. The van der Waals surface area contributed by atoms with Gasteiger partial charge in [0.25, 0.3) is 0 Å². The molecule has 2 amide bonds. The Hall–Kier alpha value is -2.74. The van der Waals surface area contributed by atoms with Crippen LogP contribution in [0.15, 0.2) is 30.5 Å². The molecular weight excluding hydrogens is 409 g/mol. The molecular formula is C24H32FN5O2. The molecule has 8 heteroatoms. The summed E-state index contributed by atoms with van der Waals surface area (Å²) in [6.07, 6.45) is 4.30. The number of rotatable bonds is 5. The number of halogens is 1. The molecule has 172 valence electrons. The molecule has 2 fully saturated rings. The molecule has 4 rings (SSSR count). The summed E-state index contributed by atoms with van der Waals surface area (Å²) in [6.45, 7) is 6.35. The Balaban J connectivity index is 1.48. The maximum atomic E-state index is 14.0. The van der Waals surface area contributed by atoms with Gasteiger partial charge < -0.3 is 16.0 Å². The molecule has 2 unspecified atom stereocenters. The minimum atomic E-state index is -0.647. The number of aromatic nitrogens is 2. The molecule has 1 aromatic heterocycles. The first-order valence-corrected chi connectivity index (χ1v) is 11.2. The first-order chi connectivity index (χ1) is 15.0. The average molecular weight is 442 g/mol. The van der Waals surface area contributed by atoms with Gasteiger partial charge in [0.15, 0.2) is 5.82 Å². The number of carbonyl (C=O) groups is 2. The van der Waals surface area contributed by atoms with Gasteiger partial charge in [-0.05, 0) is 36.7 Å². The molecule has 32 heavy (non-hydrogen) atoms. The van der Waals surface area contributed by atoms with Gasteiger partial charge in [-0.1, -0.05) is 45.0 Å². The highest BCUT2D eigenvalue weighted by atomic mass is 19.1. The maximum Gasteiger partial charge on any atom is 0.243 e. The van der Waals surface area contributed by atoms with E-state index in [-0.39, 0.29) is 23.0 Å². The molecule has 1 aliphatic carbocycles. The van der Waals surface area contributed by atoms with Crippen LogP contribution in [-0.2, 0) is 22.2 Å². The molecule has 1 saturated heterocycles. The monoisotopic (exact) mass is 441 g/mol. The zero-order chi connectivity index (χ0) is 23.3. The number of nitrogens with two attached hydrogens (primary N) is 1. The van der Waals surface area contributed by atoms with E-state index < -0.39 is 17.6 Å². The van der Waals surface area contributed by atoms with Gasteiger partial charge in [0.05, 0.1) is 17.8 Å². The van der Waals surface area contributed by atoms with Crippen molar-refractivity contribution in [3.8, 4) is 11.3 Å². The minimum absolute atomic E-state index is 0.129. The molecule has 0 bridgehead atoms. The number of likely N-dealkylation sites (tertiary alicyclic amines) is 1. The van der Waals surface area contributed by atoms with Gasteiger partial charge in [-0.15, -0.1) is 0 Å². The molecule has 2 aliphatic rings. The first-order valence-electron chi connectivity index (χ1n) is 11.2. The Morgan fingerprint density at radius 1 is 1.25 bits per heavy atom. The van der Waals surface area contributed by atoms with Crippen LogP contribution in [0.5, 0.6) is 0 Å². The van der Waals surface area contributed by atoms with Crippen molar-refractivity contribution in [3.63, 3.8) is 0 Å². The molecule has 2 atom stereocenters. The smallest absolute Gasteiger partial charge is 0.243 e. The topological polar surface area (TPSA) is 93.2 Å². The number of nitrogens with one attached hydrogen (secondary N) is 1. The lowest BCUT2D eigenvalue weighted by Crippen LogP contribution is -2.55. The SMILES string of the molecule is Cn1ncc(F)c1-c1ccc(C2(NC(=O)C3CCCN3C(=O)C(N)C(C)(C)C)CC2)cc1. The predicted molar refractivity (Wildman–Crippen MR) is 120 cm³/mol. The number of hydrogen-bond acceptors (Lipinski definition) is 4. The molecule has 1 aliphatic heterocycles. The van der Waals surface area contributed by atoms with E-state index in [4.69, 9.17) is 5.73 Å². The minimum Gasteiger partial charge on any atom is -0.345 e. The highest BCUT2D eigenvalue weighted by Crippen LogP contribution is 2.46. The van der Waals surface area contributed by atoms with Gasteiger partial charge in [-0.2, -0.15) is 5.10 Å². The van der Waals surface area contributed by atoms with Crippen molar-refractivity contribution in [1.82, 2.24) is 20.0 Å². The van der Waals surface area contributed by atoms with E-state index in [0.717, 1.165) is 30.4 Å². The third-order valence-corrected chi connectivity index (χ3v) is 6.76. The highest BCUT2D eigenvalue weighted by Gasteiger charge is 2.48. The van der Waals surface area contributed by atoms with Crippen molar-refractivity contribution in [3.05, 3.63) is 41.8 Å². The first kappa shape index (κ1) is 22.5. The van der Waals surface area contributed by atoms with Crippen LogP contribution in [0, 0.1) is 11.2 Å². The van der Waals surface area contributed by atoms with Gasteiger partial charge in [0, 0.05) is 19.2 Å². The lowest BCUT2D eigenvalue weighted by molar-refractivity contribution is -0.141. The van der Waals surface area contributed by atoms with Gasteiger partial charge in [-0.25, -0.2) is 4.39 Å². The van der Waals surface area contributed by atoms with Crippen molar-refractivity contribution in [2.45, 2.75) is 64.1 Å². The Bertz CT molecular complexity index is 1000. The molecule has 0 radical (unpaired) electrons. The van der Waals surface area contributed by atoms with Crippen LogP contribution in [0.1, 0.15) is 52.0 Å².